The molecule has 0 saturated heterocycles. The molecule has 0 aliphatic heterocycles. The summed E-state index contributed by atoms with van der Waals surface area (Å²) < 4.78 is 4.15. The van der Waals surface area contributed by atoms with E-state index < -0.39 is 6.09 Å². The summed E-state index contributed by atoms with van der Waals surface area (Å²) in [6, 6.07) is -0.0694. The standard InChI is InChI=1S/C4H10N2O.C3H7NO2.C3H7NO/c1-5-4(7)6(2)3;1-4-3(5)6-2;1-3(5)4-2/h1-3H3,(H,5,7);1-2H3,(H,4,5);1-2H3,(H,4,5). The zero-order valence-electron chi connectivity index (χ0n) is 12.1. The summed E-state index contributed by atoms with van der Waals surface area (Å²) >= 11 is 0. The van der Waals surface area contributed by atoms with Crippen molar-refractivity contribution in [3.05, 3.63) is 0 Å². The quantitative estimate of drug-likeness (QED) is 0.555. The Bertz CT molecular complexity index is 238. The van der Waals surface area contributed by atoms with E-state index in [4.69, 9.17) is 0 Å². The molecule has 0 rings (SSSR count). The van der Waals surface area contributed by atoms with E-state index in [1.54, 1.807) is 28.2 Å². The summed E-state index contributed by atoms with van der Waals surface area (Å²) in [6.45, 7) is 1.47. The number of methoxy groups -OCH3 is 1. The van der Waals surface area contributed by atoms with Crippen LogP contribution in [-0.2, 0) is 9.53 Å². The Balaban J connectivity index is -0.000000190. The molecule has 8 heteroatoms. The van der Waals surface area contributed by atoms with Gasteiger partial charge in [-0.1, -0.05) is 0 Å². The lowest BCUT2D eigenvalue weighted by Gasteiger charge is -2.06. The SMILES string of the molecule is CNC(=O)N(C)C.CNC(=O)OC.CNC(C)=O. The number of amides is 4. The van der Waals surface area contributed by atoms with Crippen molar-refractivity contribution in [2.75, 3.05) is 42.3 Å². The molecule has 0 bridgehead atoms. The minimum absolute atomic E-state index is 0.00463. The molecule has 0 fully saturated rings. The van der Waals surface area contributed by atoms with Gasteiger partial charge in [0.05, 0.1) is 7.11 Å². The van der Waals surface area contributed by atoms with Crippen molar-refractivity contribution >= 4 is 18.0 Å². The smallest absolute Gasteiger partial charge is 0.406 e. The highest BCUT2D eigenvalue weighted by atomic mass is 16.5. The second-order valence-electron chi connectivity index (χ2n) is 3.00. The Hall–Kier alpha value is -1.99. The van der Waals surface area contributed by atoms with E-state index in [-0.39, 0.29) is 11.9 Å². The minimum Gasteiger partial charge on any atom is -0.453 e. The van der Waals surface area contributed by atoms with Gasteiger partial charge >= 0.3 is 12.1 Å². The molecule has 0 spiro atoms. The fourth-order valence-corrected chi connectivity index (χ4v) is 0.326. The number of hydrogen-bond acceptors (Lipinski definition) is 4. The van der Waals surface area contributed by atoms with Crippen LogP contribution >= 0.6 is 0 Å². The Labute approximate surface area is 108 Å². The summed E-state index contributed by atoms with van der Waals surface area (Å²) in [5.41, 5.74) is 0. The van der Waals surface area contributed by atoms with Crippen LogP contribution in [0.3, 0.4) is 0 Å². The summed E-state index contributed by atoms with van der Waals surface area (Å²) in [5, 5.41) is 7.09. The lowest BCUT2D eigenvalue weighted by molar-refractivity contribution is -0.118. The molecule has 0 aromatic carbocycles. The molecule has 0 heterocycles. The first-order chi connectivity index (χ1) is 8.26. The van der Waals surface area contributed by atoms with Gasteiger partial charge in [0, 0.05) is 42.2 Å². The summed E-state index contributed by atoms with van der Waals surface area (Å²) in [4.78, 5) is 31.3. The molecule has 0 aliphatic rings. The number of ether oxygens (including phenoxy) is 1. The molecular weight excluding hydrogens is 240 g/mol. The van der Waals surface area contributed by atoms with Crippen molar-refractivity contribution < 1.29 is 19.1 Å². The predicted molar refractivity (Wildman–Crippen MR) is 69.3 cm³/mol. The van der Waals surface area contributed by atoms with Crippen LogP contribution in [0.5, 0.6) is 0 Å². The van der Waals surface area contributed by atoms with Gasteiger partial charge in [0.25, 0.3) is 0 Å². The van der Waals surface area contributed by atoms with Gasteiger partial charge in [-0.15, -0.1) is 0 Å². The van der Waals surface area contributed by atoms with Gasteiger partial charge in [-0.05, 0) is 0 Å². The van der Waals surface area contributed by atoms with E-state index in [0.29, 0.717) is 0 Å². The van der Waals surface area contributed by atoms with Crippen molar-refractivity contribution in [3.63, 3.8) is 0 Å². The van der Waals surface area contributed by atoms with E-state index in [1.807, 2.05) is 0 Å². The van der Waals surface area contributed by atoms with Crippen LogP contribution in [0.2, 0.25) is 0 Å². The summed E-state index contributed by atoms with van der Waals surface area (Å²) in [6.07, 6.45) is -0.407. The fraction of sp³-hybridized carbons (Fsp3) is 0.700. The number of nitrogens with one attached hydrogen (secondary N) is 3. The van der Waals surface area contributed by atoms with Gasteiger partial charge in [-0.2, -0.15) is 0 Å². The summed E-state index contributed by atoms with van der Waals surface area (Å²) in [5.74, 6) is 0.00463. The summed E-state index contributed by atoms with van der Waals surface area (Å²) in [7, 11) is 9.41. The lowest BCUT2D eigenvalue weighted by atomic mass is 10.7. The van der Waals surface area contributed by atoms with E-state index in [2.05, 4.69) is 20.7 Å². The zero-order chi connectivity index (χ0) is 15.1. The molecule has 0 aromatic rings. The first-order valence-electron chi connectivity index (χ1n) is 5.09. The maximum atomic E-state index is 10.3. The molecular formula is C10H24N4O4. The molecule has 0 saturated carbocycles. The van der Waals surface area contributed by atoms with Crippen LogP contribution in [0.1, 0.15) is 6.92 Å². The average Bonchev–Trinajstić information content (AvgIpc) is 2.37. The third kappa shape index (κ3) is 23.7. The van der Waals surface area contributed by atoms with Gasteiger partial charge in [0.15, 0.2) is 0 Å². The molecule has 3 N–H and O–H groups in total. The Morgan fingerprint density at radius 2 is 1.33 bits per heavy atom. The number of carbonyl (C=O) groups is 3. The predicted octanol–water partition coefficient (Wildman–Crippen LogP) is -0.388. The monoisotopic (exact) mass is 264 g/mol. The highest BCUT2D eigenvalue weighted by Gasteiger charge is 1.94. The zero-order valence-corrected chi connectivity index (χ0v) is 12.1. The minimum atomic E-state index is -0.407. The highest BCUT2D eigenvalue weighted by molar-refractivity contribution is 5.73. The lowest BCUT2D eigenvalue weighted by Crippen LogP contribution is -2.31. The van der Waals surface area contributed by atoms with Crippen molar-refractivity contribution in [1.29, 1.82) is 0 Å². The maximum Gasteiger partial charge on any atom is 0.406 e. The maximum absolute atomic E-state index is 10.3. The van der Waals surface area contributed by atoms with Crippen molar-refractivity contribution in [2.45, 2.75) is 6.92 Å². The van der Waals surface area contributed by atoms with Crippen molar-refractivity contribution in [2.24, 2.45) is 0 Å². The molecule has 0 aromatic heterocycles. The van der Waals surface area contributed by atoms with Crippen LogP contribution in [0.15, 0.2) is 0 Å². The molecule has 4 amide bonds. The third-order valence-corrected chi connectivity index (χ3v) is 1.36. The van der Waals surface area contributed by atoms with Crippen LogP contribution in [0.25, 0.3) is 0 Å². The number of alkyl carbamates (subject to hydrolysis) is 1. The number of rotatable bonds is 0. The van der Waals surface area contributed by atoms with Crippen LogP contribution in [0.4, 0.5) is 9.59 Å². The number of urea groups is 1. The molecule has 108 valence electrons. The van der Waals surface area contributed by atoms with E-state index in [9.17, 15) is 14.4 Å². The van der Waals surface area contributed by atoms with Gasteiger partial charge in [0.2, 0.25) is 5.91 Å². The van der Waals surface area contributed by atoms with Gasteiger partial charge < -0.3 is 25.6 Å². The first-order valence-corrected chi connectivity index (χ1v) is 5.09. The second kappa shape index (κ2) is 15.0. The molecule has 18 heavy (non-hydrogen) atoms. The Morgan fingerprint density at radius 3 is 1.33 bits per heavy atom. The Kier molecular flexibility index (Phi) is 17.8. The topological polar surface area (TPSA) is 99.8 Å². The Morgan fingerprint density at radius 1 is 0.944 bits per heavy atom. The molecule has 8 nitrogen and oxygen atoms in total. The number of hydrogen-bond donors (Lipinski definition) is 3. The average molecular weight is 264 g/mol. The molecule has 0 atom stereocenters. The fourth-order valence-electron chi connectivity index (χ4n) is 0.326. The van der Waals surface area contributed by atoms with Gasteiger partial charge in [0.1, 0.15) is 0 Å². The normalized spacial score (nSPS) is 7.28. The molecule has 0 aliphatic carbocycles. The molecule has 0 unspecified atom stereocenters. The number of nitrogens with zero attached hydrogens (tertiary/aromatic N) is 1. The van der Waals surface area contributed by atoms with E-state index in [1.165, 1.54) is 26.0 Å². The van der Waals surface area contributed by atoms with Crippen molar-refractivity contribution in [3.8, 4) is 0 Å². The van der Waals surface area contributed by atoms with Crippen LogP contribution in [-0.4, -0.2) is 65.3 Å². The number of carbonyl (C=O) groups excluding carboxylic acids is 3. The third-order valence-electron chi connectivity index (χ3n) is 1.36. The second-order valence-corrected chi connectivity index (χ2v) is 3.00. The highest BCUT2D eigenvalue weighted by Crippen LogP contribution is 1.70. The van der Waals surface area contributed by atoms with Gasteiger partial charge in [-0.3, -0.25) is 4.79 Å². The largest absolute Gasteiger partial charge is 0.453 e. The first kappa shape index (κ1) is 21.3. The van der Waals surface area contributed by atoms with Crippen LogP contribution in [0, 0.1) is 0 Å². The van der Waals surface area contributed by atoms with Gasteiger partial charge in [-0.25, -0.2) is 9.59 Å². The molecule has 0 radical (unpaired) electrons. The van der Waals surface area contributed by atoms with Crippen LogP contribution < -0.4 is 16.0 Å². The van der Waals surface area contributed by atoms with Crippen molar-refractivity contribution in [1.82, 2.24) is 20.9 Å². The van der Waals surface area contributed by atoms with E-state index in [0.717, 1.165) is 0 Å². The van der Waals surface area contributed by atoms with E-state index >= 15 is 0 Å².